The van der Waals surface area contributed by atoms with E-state index in [9.17, 15) is 22.8 Å². The van der Waals surface area contributed by atoms with Crippen LogP contribution in [0, 0.1) is 12.3 Å². The van der Waals surface area contributed by atoms with Crippen molar-refractivity contribution in [1.82, 2.24) is 25.0 Å². The summed E-state index contributed by atoms with van der Waals surface area (Å²) >= 11 is 0. The van der Waals surface area contributed by atoms with Gasteiger partial charge in [0.15, 0.2) is 0 Å². The molecule has 0 atom stereocenters. The Morgan fingerprint density at radius 1 is 1.23 bits per heavy atom. The number of fused-ring (bicyclic) bond motifs is 1. The second-order valence-corrected chi connectivity index (χ2v) is 10.6. The van der Waals surface area contributed by atoms with Crippen LogP contribution in [-0.4, -0.2) is 51.1 Å². The number of hydrogen-bond donors (Lipinski definition) is 1. The van der Waals surface area contributed by atoms with Gasteiger partial charge in [0, 0.05) is 31.4 Å². The molecule has 2 amide bonds. The number of rotatable bonds is 10. The fourth-order valence-electron chi connectivity index (χ4n) is 5.11. The molecule has 11 heteroatoms. The van der Waals surface area contributed by atoms with Gasteiger partial charge in [0.2, 0.25) is 5.91 Å². The first-order chi connectivity index (χ1) is 20.6. The molecule has 2 aliphatic rings. The first kappa shape index (κ1) is 31.5. The number of amides is 2. The van der Waals surface area contributed by atoms with E-state index in [1.807, 2.05) is 25.2 Å². The van der Waals surface area contributed by atoms with Crippen molar-refractivity contribution in [3.05, 3.63) is 89.5 Å². The van der Waals surface area contributed by atoms with E-state index >= 15 is 0 Å². The van der Waals surface area contributed by atoms with Crippen molar-refractivity contribution < 1.29 is 22.8 Å². The van der Waals surface area contributed by atoms with Crippen molar-refractivity contribution in [1.29, 1.82) is 0 Å². The van der Waals surface area contributed by atoms with E-state index in [4.69, 9.17) is 6.42 Å². The SMILES string of the molecule is C#CCN(CCCNCc1cc2c(c(C(F)(F)F)c1)CN(c1cccc(C3CCC3)c1)C2=O)C(=O)C=C.Cn1cnnc1. The predicted molar refractivity (Wildman–Crippen MR) is 158 cm³/mol. The summed E-state index contributed by atoms with van der Waals surface area (Å²) < 4.78 is 43.8. The van der Waals surface area contributed by atoms with E-state index in [1.165, 1.54) is 22.3 Å². The van der Waals surface area contributed by atoms with E-state index in [0.717, 1.165) is 24.5 Å². The summed E-state index contributed by atoms with van der Waals surface area (Å²) in [5, 5.41) is 10.2. The van der Waals surface area contributed by atoms with Crippen molar-refractivity contribution in [2.24, 2.45) is 7.05 Å². The molecule has 1 aliphatic heterocycles. The Labute approximate surface area is 249 Å². The average molecular weight is 593 g/mol. The molecule has 0 unspecified atom stereocenters. The van der Waals surface area contributed by atoms with Crippen LogP contribution in [0.3, 0.4) is 0 Å². The van der Waals surface area contributed by atoms with Crippen LogP contribution in [0.5, 0.6) is 0 Å². The second-order valence-electron chi connectivity index (χ2n) is 10.6. The summed E-state index contributed by atoms with van der Waals surface area (Å²) in [6.45, 7) is 4.52. The lowest BCUT2D eigenvalue weighted by Gasteiger charge is -2.27. The number of nitrogens with zero attached hydrogens (tertiary/aromatic N) is 5. The van der Waals surface area contributed by atoms with Crippen molar-refractivity contribution >= 4 is 17.5 Å². The summed E-state index contributed by atoms with van der Waals surface area (Å²) in [6, 6.07) is 10.3. The monoisotopic (exact) mass is 592 g/mol. The Bertz CT molecular complexity index is 1480. The topological polar surface area (TPSA) is 83.4 Å². The number of anilines is 1. The lowest BCUT2D eigenvalue weighted by Crippen LogP contribution is -2.32. The van der Waals surface area contributed by atoms with Crippen LogP contribution in [0.1, 0.15) is 64.2 Å². The maximum atomic E-state index is 14.0. The van der Waals surface area contributed by atoms with Crippen molar-refractivity contribution in [3.8, 4) is 12.3 Å². The van der Waals surface area contributed by atoms with Gasteiger partial charge in [0.1, 0.15) is 12.7 Å². The summed E-state index contributed by atoms with van der Waals surface area (Å²) in [6.07, 6.45) is 9.11. The molecule has 1 N–H and O–H groups in total. The zero-order chi connectivity index (χ0) is 31.0. The van der Waals surface area contributed by atoms with E-state index in [2.05, 4.69) is 28.0 Å². The van der Waals surface area contributed by atoms with Crippen LogP contribution in [0.15, 0.2) is 61.7 Å². The Kier molecular flexibility index (Phi) is 10.4. The first-order valence-electron chi connectivity index (χ1n) is 14.1. The minimum atomic E-state index is -4.58. The number of alkyl halides is 3. The zero-order valence-electron chi connectivity index (χ0n) is 24.1. The molecular weight excluding hydrogens is 557 g/mol. The Morgan fingerprint density at radius 3 is 2.56 bits per heavy atom. The number of aryl methyl sites for hydroxylation is 1. The third kappa shape index (κ3) is 7.90. The molecule has 3 aromatic rings. The van der Waals surface area contributed by atoms with Gasteiger partial charge in [-0.25, -0.2) is 0 Å². The number of hydrogen-bond acceptors (Lipinski definition) is 5. The molecule has 43 heavy (non-hydrogen) atoms. The lowest BCUT2D eigenvalue weighted by molar-refractivity contribution is -0.138. The van der Waals surface area contributed by atoms with Gasteiger partial charge in [-0.2, -0.15) is 13.2 Å². The standard InChI is InChI=1S/C29H30F3N3O2.C3H5N3/c1-3-13-34(27(36)4-2)14-7-12-33-18-20-15-24-25(26(16-20)29(30,31)32)19-35(28(24)37)23-11-6-10-22(17-23)21-8-5-9-21;1-6-2-4-5-3-6/h1,4,6,10-11,15-17,21,33H,2,5,7-9,12-14,18-19H2;2-3H,1H3. The van der Waals surface area contributed by atoms with Crippen LogP contribution in [0.4, 0.5) is 18.9 Å². The highest BCUT2D eigenvalue weighted by atomic mass is 19.4. The molecule has 226 valence electrons. The molecule has 0 radical (unpaired) electrons. The molecule has 1 aromatic heterocycles. The zero-order valence-corrected chi connectivity index (χ0v) is 24.1. The number of nitrogens with one attached hydrogen (secondary N) is 1. The van der Waals surface area contributed by atoms with Gasteiger partial charge >= 0.3 is 6.18 Å². The quantitative estimate of drug-likeness (QED) is 0.202. The third-order valence-electron chi connectivity index (χ3n) is 7.58. The van der Waals surface area contributed by atoms with Gasteiger partial charge in [0.05, 0.1) is 18.7 Å². The summed E-state index contributed by atoms with van der Waals surface area (Å²) in [5.74, 6) is 2.19. The first-order valence-corrected chi connectivity index (χ1v) is 14.1. The number of halogens is 3. The third-order valence-corrected chi connectivity index (χ3v) is 7.58. The molecule has 1 saturated carbocycles. The lowest BCUT2D eigenvalue weighted by atomic mass is 9.80. The normalized spacial score (nSPS) is 14.3. The van der Waals surface area contributed by atoms with Gasteiger partial charge in [0.25, 0.3) is 5.91 Å². The van der Waals surface area contributed by atoms with E-state index in [1.54, 1.807) is 29.4 Å². The van der Waals surface area contributed by atoms with Gasteiger partial charge in [-0.1, -0.05) is 31.1 Å². The Balaban J connectivity index is 0.000000628. The van der Waals surface area contributed by atoms with Crippen LogP contribution in [0.2, 0.25) is 0 Å². The highest BCUT2D eigenvalue weighted by molar-refractivity contribution is 6.10. The molecule has 0 saturated heterocycles. The smallest absolute Gasteiger partial charge is 0.328 e. The van der Waals surface area contributed by atoms with Crippen molar-refractivity contribution in [2.45, 2.75) is 50.9 Å². The molecule has 0 bridgehead atoms. The fourth-order valence-corrected chi connectivity index (χ4v) is 5.11. The fraction of sp³-hybridized carbons (Fsp3) is 0.375. The molecule has 8 nitrogen and oxygen atoms in total. The van der Waals surface area contributed by atoms with Crippen LogP contribution >= 0.6 is 0 Å². The molecule has 1 fully saturated rings. The number of terminal acetylenes is 1. The molecule has 5 rings (SSSR count). The Morgan fingerprint density at radius 2 is 1.98 bits per heavy atom. The van der Waals surface area contributed by atoms with E-state index in [0.29, 0.717) is 36.7 Å². The van der Waals surface area contributed by atoms with Crippen LogP contribution in [0.25, 0.3) is 0 Å². The van der Waals surface area contributed by atoms with E-state index in [-0.39, 0.29) is 36.7 Å². The summed E-state index contributed by atoms with van der Waals surface area (Å²) in [7, 11) is 1.88. The summed E-state index contributed by atoms with van der Waals surface area (Å²) in [5.41, 5.74) is 1.48. The molecule has 0 spiro atoms. The van der Waals surface area contributed by atoms with Gasteiger partial charge in [-0.15, -0.1) is 16.6 Å². The van der Waals surface area contributed by atoms with Gasteiger partial charge < -0.3 is 19.7 Å². The minimum absolute atomic E-state index is 0.0168. The summed E-state index contributed by atoms with van der Waals surface area (Å²) in [4.78, 5) is 28.0. The van der Waals surface area contributed by atoms with Gasteiger partial charge in [-0.3, -0.25) is 9.59 Å². The number of carbonyl (C=O) groups is 2. The maximum absolute atomic E-state index is 14.0. The molecular formula is C32H35F3N6O2. The van der Waals surface area contributed by atoms with Gasteiger partial charge in [-0.05, 0) is 78.8 Å². The highest BCUT2D eigenvalue weighted by Crippen LogP contribution is 2.41. The molecule has 2 heterocycles. The van der Waals surface area contributed by atoms with Crippen LogP contribution < -0.4 is 10.2 Å². The average Bonchev–Trinajstić information content (AvgIpc) is 3.56. The molecule has 2 aromatic carbocycles. The number of aromatic nitrogens is 3. The maximum Gasteiger partial charge on any atom is 0.416 e. The van der Waals surface area contributed by atoms with Crippen LogP contribution in [-0.2, 0) is 31.1 Å². The minimum Gasteiger partial charge on any atom is -0.328 e. The molecule has 1 aliphatic carbocycles. The highest BCUT2D eigenvalue weighted by Gasteiger charge is 2.40. The predicted octanol–water partition coefficient (Wildman–Crippen LogP) is 5.08. The largest absolute Gasteiger partial charge is 0.416 e. The van der Waals surface area contributed by atoms with Crippen molar-refractivity contribution in [2.75, 3.05) is 24.5 Å². The van der Waals surface area contributed by atoms with E-state index < -0.39 is 17.6 Å². The second kappa shape index (κ2) is 14.2. The van der Waals surface area contributed by atoms with Crippen molar-refractivity contribution in [3.63, 3.8) is 0 Å². The Hall–Kier alpha value is -4.43. The number of carbonyl (C=O) groups excluding carboxylic acids is 2. The number of benzene rings is 2.